The maximum atomic E-state index is 5.45. The molecule has 0 spiro atoms. The Hall–Kier alpha value is 0.270. The first-order chi connectivity index (χ1) is 8.91. The van der Waals surface area contributed by atoms with Crippen molar-refractivity contribution in [2.75, 3.05) is 31.6 Å². The van der Waals surface area contributed by atoms with E-state index in [4.69, 9.17) is 5.73 Å². The number of unbranched alkanes of at least 4 members (excludes halogenated alkanes) is 9. The van der Waals surface area contributed by atoms with Gasteiger partial charge >= 0.3 is 0 Å². The Morgan fingerprint density at radius 3 is 1.72 bits per heavy atom. The van der Waals surface area contributed by atoms with Crippen molar-refractivity contribution in [3.8, 4) is 0 Å². The SMILES string of the molecule is CNCCCCCCCCCCCCSCCN. The lowest BCUT2D eigenvalue weighted by Gasteiger charge is -2.03. The molecule has 0 aliphatic rings. The normalized spacial score (nSPS) is 11.0. The Kier molecular flexibility index (Phi) is 17.5. The third kappa shape index (κ3) is 16.3. The molecule has 0 aromatic heterocycles. The van der Waals surface area contributed by atoms with Gasteiger partial charge in [-0.15, -0.1) is 0 Å². The fourth-order valence-corrected chi connectivity index (χ4v) is 2.88. The molecule has 0 fully saturated rings. The third-order valence-electron chi connectivity index (χ3n) is 3.23. The molecule has 3 heteroatoms. The summed E-state index contributed by atoms with van der Waals surface area (Å²) >= 11 is 2.00. The number of thioether (sulfide) groups is 1. The predicted octanol–water partition coefficient (Wildman–Crippen LogP) is 3.80. The summed E-state index contributed by atoms with van der Waals surface area (Å²) in [6.45, 7) is 2.02. The molecular weight excluding hydrogens is 240 g/mol. The van der Waals surface area contributed by atoms with E-state index in [1.54, 1.807) is 0 Å². The summed E-state index contributed by atoms with van der Waals surface area (Å²) in [4.78, 5) is 0. The van der Waals surface area contributed by atoms with E-state index in [0.29, 0.717) is 0 Å². The molecule has 0 rings (SSSR count). The first-order valence-corrected chi connectivity index (χ1v) is 8.99. The molecule has 0 bridgehead atoms. The minimum atomic E-state index is 0.832. The van der Waals surface area contributed by atoms with Gasteiger partial charge in [0, 0.05) is 12.3 Å². The second kappa shape index (κ2) is 17.3. The van der Waals surface area contributed by atoms with E-state index in [9.17, 15) is 0 Å². The van der Waals surface area contributed by atoms with E-state index in [2.05, 4.69) is 5.32 Å². The van der Waals surface area contributed by atoms with Crippen LogP contribution in [0.15, 0.2) is 0 Å². The Labute approximate surface area is 119 Å². The van der Waals surface area contributed by atoms with Gasteiger partial charge < -0.3 is 11.1 Å². The minimum Gasteiger partial charge on any atom is -0.330 e. The van der Waals surface area contributed by atoms with E-state index in [-0.39, 0.29) is 0 Å². The molecule has 2 nitrogen and oxygen atoms in total. The average molecular weight is 275 g/mol. The Morgan fingerprint density at radius 2 is 1.22 bits per heavy atom. The maximum Gasteiger partial charge on any atom is 0.00558 e. The zero-order chi connectivity index (χ0) is 13.3. The highest BCUT2D eigenvalue weighted by Gasteiger charge is 1.93. The van der Waals surface area contributed by atoms with E-state index >= 15 is 0 Å². The smallest absolute Gasteiger partial charge is 0.00558 e. The van der Waals surface area contributed by atoms with Crippen molar-refractivity contribution < 1.29 is 0 Å². The molecule has 0 saturated carbocycles. The molecule has 0 amide bonds. The highest BCUT2D eigenvalue weighted by Crippen LogP contribution is 2.12. The maximum absolute atomic E-state index is 5.45. The zero-order valence-corrected chi connectivity index (χ0v) is 13.2. The average Bonchev–Trinajstić information content (AvgIpc) is 2.39. The summed E-state index contributed by atoms with van der Waals surface area (Å²) in [6, 6.07) is 0. The number of nitrogens with two attached hydrogens (primary N) is 1. The van der Waals surface area contributed by atoms with Crippen molar-refractivity contribution in [3.05, 3.63) is 0 Å². The standard InChI is InChI=1S/C15H34N2S/c1-17-13-10-8-6-4-2-3-5-7-9-11-14-18-15-12-16/h17H,2-16H2,1H3. The van der Waals surface area contributed by atoms with Gasteiger partial charge in [0.2, 0.25) is 0 Å². The highest BCUT2D eigenvalue weighted by atomic mass is 32.2. The van der Waals surface area contributed by atoms with Crippen LogP contribution in [0.25, 0.3) is 0 Å². The second-order valence-electron chi connectivity index (χ2n) is 5.04. The van der Waals surface area contributed by atoms with Gasteiger partial charge in [-0.2, -0.15) is 11.8 Å². The van der Waals surface area contributed by atoms with Crippen LogP contribution in [0.1, 0.15) is 64.2 Å². The van der Waals surface area contributed by atoms with E-state index in [1.807, 2.05) is 18.8 Å². The van der Waals surface area contributed by atoms with Crippen molar-refractivity contribution in [3.63, 3.8) is 0 Å². The van der Waals surface area contributed by atoms with Crippen molar-refractivity contribution in [2.24, 2.45) is 5.73 Å². The number of nitrogens with one attached hydrogen (secondary N) is 1. The Morgan fingerprint density at radius 1 is 0.722 bits per heavy atom. The van der Waals surface area contributed by atoms with Crippen LogP contribution in [0.2, 0.25) is 0 Å². The molecule has 0 radical (unpaired) electrons. The summed E-state index contributed by atoms with van der Waals surface area (Å²) in [5.74, 6) is 2.44. The van der Waals surface area contributed by atoms with Crippen LogP contribution < -0.4 is 11.1 Å². The highest BCUT2D eigenvalue weighted by molar-refractivity contribution is 7.99. The van der Waals surface area contributed by atoms with Gasteiger partial charge in [-0.3, -0.25) is 0 Å². The summed E-state index contributed by atoms with van der Waals surface area (Å²) in [5.41, 5.74) is 5.45. The van der Waals surface area contributed by atoms with Crippen molar-refractivity contribution in [2.45, 2.75) is 64.2 Å². The molecule has 0 unspecified atom stereocenters. The predicted molar refractivity (Wildman–Crippen MR) is 86.5 cm³/mol. The van der Waals surface area contributed by atoms with Gasteiger partial charge in [0.15, 0.2) is 0 Å². The molecule has 0 heterocycles. The lowest BCUT2D eigenvalue weighted by molar-refractivity contribution is 0.552. The zero-order valence-electron chi connectivity index (χ0n) is 12.4. The molecule has 110 valence electrons. The van der Waals surface area contributed by atoms with Crippen LogP contribution >= 0.6 is 11.8 Å². The van der Waals surface area contributed by atoms with Gasteiger partial charge in [-0.1, -0.05) is 51.4 Å². The summed E-state index contributed by atoms with van der Waals surface area (Å²) < 4.78 is 0. The van der Waals surface area contributed by atoms with Gasteiger partial charge in [0.1, 0.15) is 0 Å². The second-order valence-corrected chi connectivity index (χ2v) is 6.26. The van der Waals surface area contributed by atoms with Crippen molar-refractivity contribution in [1.82, 2.24) is 5.32 Å². The molecule has 0 aliphatic carbocycles. The lowest BCUT2D eigenvalue weighted by Crippen LogP contribution is -2.06. The van der Waals surface area contributed by atoms with E-state index < -0.39 is 0 Å². The fraction of sp³-hybridized carbons (Fsp3) is 1.00. The summed E-state index contributed by atoms with van der Waals surface area (Å²) in [5, 5.41) is 3.20. The van der Waals surface area contributed by atoms with Crippen molar-refractivity contribution >= 4 is 11.8 Å². The van der Waals surface area contributed by atoms with Gasteiger partial charge in [-0.25, -0.2) is 0 Å². The Bertz CT molecular complexity index is 126. The third-order valence-corrected chi connectivity index (χ3v) is 4.33. The van der Waals surface area contributed by atoms with Crippen LogP contribution in [0.5, 0.6) is 0 Å². The number of rotatable bonds is 15. The van der Waals surface area contributed by atoms with Gasteiger partial charge in [-0.05, 0) is 32.2 Å². The van der Waals surface area contributed by atoms with Crippen LogP contribution in [-0.2, 0) is 0 Å². The van der Waals surface area contributed by atoms with Gasteiger partial charge in [0.05, 0.1) is 0 Å². The van der Waals surface area contributed by atoms with Gasteiger partial charge in [0.25, 0.3) is 0 Å². The molecular formula is C15H34N2S. The van der Waals surface area contributed by atoms with Crippen LogP contribution in [0.3, 0.4) is 0 Å². The quantitative estimate of drug-likeness (QED) is 0.446. The monoisotopic (exact) mass is 274 g/mol. The molecule has 0 aromatic rings. The van der Waals surface area contributed by atoms with E-state index in [1.165, 1.54) is 76.5 Å². The van der Waals surface area contributed by atoms with Crippen LogP contribution in [0.4, 0.5) is 0 Å². The van der Waals surface area contributed by atoms with Crippen LogP contribution in [0, 0.1) is 0 Å². The van der Waals surface area contributed by atoms with E-state index in [0.717, 1.165) is 12.3 Å². The molecule has 0 atom stereocenters. The lowest BCUT2D eigenvalue weighted by atomic mass is 10.1. The van der Waals surface area contributed by atoms with Crippen molar-refractivity contribution in [1.29, 1.82) is 0 Å². The first kappa shape index (κ1) is 18.3. The van der Waals surface area contributed by atoms with Crippen LogP contribution in [-0.4, -0.2) is 31.6 Å². The summed E-state index contributed by atoms with van der Waals surface area (Å²) in [7, 11) is 2.04. The molecule has 0 saturated heterocycles. The number of hydrogen-bond acceptors (Lipinski definition) is 3. The first-order valence-electron chi connectivity index (χ1n) is 7.84. The molecule has 0 aliphatic heterocycles. The largest absolute Gasteiger partial charge is 0.330 e. The molecule has 0 aromatic carbocycles. The fourth-order valence-electron chi connectivity index (χ4n) is 2.11. The Balaban J connectivity index is 2.86. The molecule has 3 N–H and O–H groups in total. The molecule has 18 heavy (non-hydrogen) atoms. The summed E-state index contributed by atoms with van der Waals surface area (Å²) in [6.07, 6.45) is 14.2. The minimum absolute atomic E-state index is 0.832. The number of hydrogen-bond donors (Lipinski definition) is 2. The topological polar surface area (TPSA) is 38.0 Å².